The van der Waals surface area contributed by atoms with Gasteiger partial charge in [0.1, 0.15) is 25.2 Å². The molecule has 0 spiro atoms. The summed E-state index contributed by atoms with van der Waals surface area (Å²) < 4.78 is 34.1. The van der Waals surface area contributed by atoms with Crippen LogP contribution in [0.25, 0.3) is 0 Å². The number of nitrogens with two attached hydrogens (primary N) is 1. The molecule has 6 aliphatic carbocycles. The van der Waals surface area contributed by atoms with Crippen LogP contribution in [0.3, 0.4) is 0 Å². The molecule has 4 heterocycles. The van der Waals surface area contributed by atoms with Gasteiger partial charge < -0.3 is 20.3 Å². The molecule has 4 bridgehead atoms. The van der Waals surface area contributed by atoms with Gasteiger partial charge in [-0.1, -0.05) is 78.1 Å². The molecule has 2 saturated heterocycles. The van der Waals surface area contributed by atoms with E-state index >= 15 is 0 Å². The molecule has 0 radical (unpaired) electrons. The van der Waals surface area contributed by atoms with E-state index in [-0.39, 0.29) is 79.0 Å². The molecule has 2 aliphatic heterocycles. The molecule has 2 aromatic carbocycles. The second kappa shape index (κ2) is 17.0. The van der Waals surface area contributed by atoms with Gasteiger partial charge in [-0.3, -0.25) is 38.6 Å². The number of aromatic nitrogens is 2. The zero-order chi connectivity index (χ0) is 46.4. The number of benzene rings is 2. The number of carbonyl (C=O) groups is 6. The zero-order valence-corrected chi connectivity index (χ0v) is 37.6. The Hall–Kier alpha value is -5.42. The van der Waals surface area contributed by atoms with Crippen LogP contribution in [0.2, 0.25) is 20.1 Å². The average Bonchev–Trinajstić information content (AvgIpc) is 3.19. The van der Waals surface area contributed by atoms with Crippen LogP contribution < -0.4 is 15.5 Å². The van der Waals surface area contributed by atoms with Crippen LogP contribution in [0.5, 0.6) is 0 Å². The SMILES string of the molecule is C.COC(=O)C12CC(C3C(=O)N(c4ncc(Cl)cc4F)CC(=O)N3Cc3ccc(Cl)cc3)(C1)C2.NC(=O)C12CC(C3C(=O)N(c4ncc(Cl)cc4F)CC(=O)N3Cc3ccc(Cl)cc3)(C1)C2. The van der Waals surface area contributed by atoms with Crippen molar-refractivity contribution in [2.24, 2.45) is 27.4 Å². The van der Waals surface area contributed by atoms with Gasteiger partial charge in [0.15, 0.2) is 23.3 Å². The molecule has 8 fully saturated rings. The highest BCUT2D eigenvalue weighted by atomic mass is 35.5. The number of amides is 5. The normalized spacial score (nSPS) is 28.2. The number of anilines is 2. The second-order valence-electron chi connectivity index (χ2n) is 18.1. The van der Waals surface area contributed by atoms with Gasteiger partial charge in [-0.15, -0.1) is 0 Å². The quantitative estimate of drug-likeness (QED) is 0.161. The van der Waals surface area contributed by atoms with E-state index < -0.39 is 57.2 Å². The first kappa shape index (κ1) is 47.1. The Balaban J connectivity index is 0.000000177. The number of hydrogen-bond donors (Lipinski definition) is 1. The third-order valence-corrected chi connectivity index (χ3v) is 14.8. The van der Waals surface area contributed by atoms with E-state index in [0.717, 1.165) is 33.1 Å². The first-order valence-corrected chi connectivity index (χ1v) is 22.0. The number of nitrogens with zero attached hydrogens (tertiary/aromatic N) is 6. The van der Waals surface area contributed by atoms with Crippen molar-refractivity contribution in [3.63, 3.8) is 0 Å². The molecule has 346 valence electrons. The van der Waals surface area contributed by atoms with Crippen molar-refractivity contribution in [2.45, 2.75) is 71.1 Å². The maximum Gasteiger partial charge on any atom is 0.311 e. The molecule has 14 nitrogen and oxygen atoms in total. The van der Waals surface area contributed by atoms with Crippen LogP contribution in [-0.4, -0.2) is 87.6 Å². The molecule has 2 atom stereocenters. The number of esters is 1. The predicted octanol–water partition coefficient (Wildman–Crippen LogP) is 7.18. The van der Waals surface area contributed by atoms with Crippen LogP contribution in [0, 0.1) is 33.3 Å². The Labute approximate surface area is 398 Å². The fraction of sp³-hybridized carbons (Fsp3) is 0.391. The van der Waals surface area contributed by atoms with Gasteiger partial charge in [0.05, 0.1) is 28.0 Å². The number of ether oxygens (including phenoxy) is 1. The molecule has 5 amide bonds. The lowest BCUT2D eigenvalue weighted by Crippen LogP contribution is -2.78. The third-order valence-electron chi connectivity index (χ3n) is 13.9. The van der Waals surface area contributed by atoms with E-state index in [1.54, 1.807) is 48.5 Å². The summed E-state index contributed by atoms with van der Waals surface area (Å²) in [6.07, 6.45) is 5.09. The van der Waals surface area contributed by atoms with Gasteiger partial charge in [0.2, 0.25) is 17.7 Å². The summed E-state index contributed by atoms with van der Waals surface area (Å²) in [5.74, 6) is -4.23. The van der Waals surface area contributed by atoms with E-state index in [9.17, 15) is 37.5 Å². The Morgan fingerprint density at radius 1 is 0.652 bits per heavy atom. The van der Waals surface area contributed by atoms with Gasteiger partial charge in [0, 0.05) is 46.4 Å². The number of rotatable bonds is 10. The van der Waals surface area contributed by atoms with Crippen molar-refractivity contribution >= 4 is 93.5 Å². The van der Waals surface area contributed by atoms with Gasteiger partial charge in [-0.2, -0.15) is 0 Å². The van der Waals surface area contributed by atoms with Crippen molar-refractivity contribution in [3.8, 4) is 0 Å². The highest BCUT2D eigenvalue weighted by molar-refractivity contribution is 6.31. The molecule has 2 unspecified atom stereocenters. The first-order chi connectivity index (χ1) is 30.8. The lowest BCUT2D eigenvalue weighted by molar-refractivity contribution is -0.245. The van der Waals surface area contributed by atoms with Gasteiger partial charge >= 0.3 is 5.97 Å². The monoisotopic (exact) mass is 983 g/mol. The maximum absolute atomic E-state index is 14.6. The highest BCUT2D eigenvalue weighted by Gasteiger charge is 2.78. The number of primary amides is 1. The van der Waals surface area contributed by atoms with Crippen molar-refractivity contribution in [3.05, 3.63) is 116 Å². The van der Waals surface area contributed by atoms with E-state index in [0.29, 0.717) is 48.6 Å². The molecular weight excluding hydrogens is 942 g/mol. The Morgan fingerprint density at radius 3 is 1.35 bits per heavy atom. The minimum atomic E-state index is -0.850. The number of piperazine rings is 2. The number of methoxy groups -OCH3 is 1. The lowest BCUT2D eigenvalue weighted by atomic mass is 9.32. The summed E-state index contributed by atoms with van der Waals surface area (Å²) in [6, 6.07) is 14.4. The largest absolute Gasteiger partial charge is 0.469 e. The summed E-state index contributed by atoms with van der Waals surface area (Å²) in [7, 11) is 1.34. The summed E-state index contributed by atoms with van der Waals surface area (Å²) >= 11 is 23.6. The fourth-order valence-corrected chi connectivity index (χ4v) is 11.7. The molecular formula is C46H43Cl4F2N7O7. The number of hydrogen-bond acceptors (Lipinski definition) is 9. The van der Waals surface area contributed by atoms with Gasteiger partial charge in [-0.05, 0) is 86.1 Å². The predicted molar refractivity (Wildman–Crippen MR) is 240 cm³/mol. The van der Waals surface area contributed by atoms with Crippen molar-refractivity contribution in [2.75, 3.05) is 30.0 Å². The van der Waals surface area contributed by atoms with E-state index in [4.69, 9.17) is 56.9 Å². The topological polar surface area (TPSA) is 176 Å². The van der Waals surface area contributed by atoms with Gasteiger partial charge in [-0.25, -0.2) is 18.7 Å². The van der Waals surface area contributed by atoms with Crippen LogP contribution >= 0.6 is 46.4 Å². The average molecular weight is 986 g/mol. The molecule has 6 saturated carbocycles. The molecule has 2 aromatic heterocycles. The smallest absolute Gasteiger partial charge is 0.311 e. The number of halogens is 6. The Kier molecular flexibility index (Phi) is 12.1. The summed E-state index contributed by atoms with van der Waals surface area (Å²) in [5.41, 5.74) is 4.83. The Morgan fingerprint density at radius 2 is 1.02 bits per heavy atom. The maximum atomic E-state index is 14.6. The third kappa shape index (κ3) is 7.72. The summed E-state index contributed by atoms with van der Waals surface area (Å²) in [6.45, 7) is -0.288. The number of carbonyl (C=O) groups excluding carboxylic acids is 6. The lowest BCUT2D eigenvalue weighted by Gasteiger charge is -2.72. The molecule has 8 aliphatic rings. The van der Waals surface area contributed by atoms with Crippen molar-refractivity contribution in [1.29, 1.82) is 0 Å². The fourth-order valence-electron chi connectivity index (χ4n) is 11.2. The molecule has 20 heteroatoms. The molecule has 12 rings (SSSR count). The molecule has 66 heavy (non-hydrogen) atoms. The van der Waals surface area contributed by atoms with Crippen molar-refractivity contribution in [1.82, 2.24) is 19.8 Å². The first-order valence-electron chi connectivity index (χ1n) is 20.5. The van der Waals surface area contributed by atoms with Crippen LogP contribution in [-0.2, 0) is 46.6 Å². The second-order valence-corrected chi connectivity index (χ2v) is 19.8. The van der Waals surface area contributed by atoms with Crippen LogP contribution in [0.4, 0.5) is 20.4 Å². The van der Waals surface area contributed by atoms with E-state index in [2.05, 4.69) is 9.97 Å². The zero-order valence-electron chi connectivity index (χ0n) is 34.5. The van der Waals surface area contributed by atoms with Gasteiger partial charge in [0.25, 0.3) is 11.8 Å². The van der Waals surface area contributed by atoms with Crippen LogP contribution in [0.15, 0.2) is 73.1 Å². The minimum Gasteiger partial charge on any atom is -0.469 e. The standard InChI is InChI=1S/C23H20Cl2FN3O4.C22H19Cl2FN4O3.CH4/c1-33-21(32)23-10-22(11-23,12-23)18-20(31)29(19-16(26)6-15(25)7-27-19)9-17(30)28(18)8-13-2-4-14(24)5-3-13;23-13-3-1-12(2-4-13)7-28-16(30)8-29(18-15(25)5-14(24)6-27-18)19(31)17(28)21-9-22(10-21,11-21)20(26)32;/h2-7,18H,8-12H2,1H3;1-6,17H,7-11H2,(H2,26,32);1H4. The molecule has 4 aromatic rings. The molecule has 2 N–H and O–H groups in total. The van der Waals surface area contributed by atoms with E-state index in [1.165, 1.54) is 29.3 Å². The van der Waals surface area contributed by atoms with Crippen LogP contribution in [0.1, 0.15) is 57.1 Å². The summed E-state index contributed by atoms with van der Waals surface area (Å²) in [5, 5.41) is 1.30. The number of pyridine rings is 2. The minimum absolute atomic E-state index is 0. The Bertz CT molecular complexity index is 2650. The highest BCUT2D eigenvalue weighted by Crippen LogP contribution is 2.77. The summed E-state index contributed by atoms with van der Waals surface area (Å²) in [4.78, 5) is 91.1. The van der Waals surface area contributed by atoms with Crippen molar-refractivity contribution < 1.29 is 42.3 Å². The van der Waals surface area contributed by atoms with E-state index in [1.807, 2.05) is 0 Å².